The summed E-state index contributed by atoms with van der Waals surface area (Å²) in [6.07, 6.45) is 4.38. The van der Waals surface area contributed by atoms with Gasteiger partial charge in [0, 0.05) is 5.69 Å². The topological polar surface area (TPSA) is 55.8 Å². The van der Waals surface area contributed by atoms with Gasteiger partial charge in [-0.3, -0.25) is 9.59 Å². The average Bonchev–Trinajstić information content (AvgIpc) is 3.28. The Morgan fingerprint density at radius 2 is 2.15 bits per heavy atom. The Kier molecular flexibility index (Phi) is 4.14. The van der Waals surface area contributed by atoms with Crippen molar-refractivity contribution < 1.29 is 19.1 Å². The molecule has 5 heteroatoms. The van der Waals surface area contributed by atoms with Crippen LogP contribution in [-0.2, 0) is 25.5 Å². The molecule has 1 spiro atoms. The van der Waals surface area contributed by atoms with Gasteiger partial charge in [-0.25, -0.2) is 0 Å². The highest BCUT2D eigenvalue weighted by Crippen LogP contribution is 2.53. The Labute approximate surface area is 154 Å². The third-order valence-electron chi connectivity index (χ3n) is 5.59. The van der Waals surface area contributed by atoms with Gasteiger partial charge in [0.25, 0.3) is 0 Å². The van der Waals surface area contributed by atoms with Crippen LogP contribution in [0.3, 0.4) is 0 Å². The molecular weight excluding hydrogens is 330 g/mol. The van der Waals surface area contributed by atoms with E-state index in [-0.39, 0.29) is 23.9 Å². The second-order valence-electron chi connectivity index (χ2n) is 7.83. The van der Waals surface area contributed by atoms with Crippen molar-refractivity contribution in [3.63, 3.8) is 0 Å². The quantitative estimate of drug-likeness (QED) is 0.602. The second kappa shape index (κ2) is 6.23. The molecule has 3 aliphatic rings. The molecule has 0 aliphatic carbocycles. The van der Waals surface area contributed by atoms with Crippen molar-refractivity contribution in [2.45, 2.75) is 38.9 Å². The zero-order valence-electron chi connectivity index (χ0n) is 15.5. The van der Waals surface area contributed by atoms with Gasteiger partial charge in [-0.15, -0.1) is 0 Å². The van der Waals surface area contributed by atoms with Gasteiger partial charge in [0.2, 0.25) is 5.91 Å². The minimum atomic E-state index is -0.704. The Morgan fingerprint density at radius 1 is 1.38 bits per heavy atom. The summed E-state index contributed by atoms with van der Waals surface area (Å²) < 4.78 is 11.6. The molecule has 0 radical (unpaired) electrons. The minimum Gasteiger partial charge on any atom is -0.465 e. The molecular formula is C21H25NO4. The van der Waals surface area contributed by atoms with E-state index in [0.29, 0.717) is 13.2 Å². The van der Waals surface area contributed by atoms with Crippen LogP contribution in [0, 0.1) is 17.8 Å². The van der Waals surface area contributed by atoms with Gasteiger partial charge in [0.1, 0.15) is 11.5 Å². The summed E-state index contributed by atoms with van der Waals surface area (Å²) in [4.78, 5) is 27.8. The maximum absolute atomic E-state index is 13.3. The lowest BCUT2D eigenvalue weighted by Crippen LogP contribution is -2.40. The van der Waals surface area contributed by atoms with Crippen molar-refractivity contribution in [3.8, 4) is 0 Å². The Morgan fingerprint density at radius 3 is 2.88 bits per heavy atom. The van der Waals surface area contributed by atoms with E-state index in [0.717, 1.165) is 17.7 Å². The first kappa shape index (κ1) is 17.3. The fraction of sp³-hybridized carbons (Fsp3) is 0.524. The van der Waals surface area contributed by atoms with E-state index >= 15 is 0 Å². The zero-order chi connectivity index (χ0) is 18.5. The van der Waals surface area contributed by atoms with Crippen molar-refractivity contribution in [2.75, 3.05) is 18.1 Å². The van der Waals surface area contributed by atoms with E-state index in [1.807, 2.05) is 50.3 Å². The fourth-order valence-corrected chi connectivity index (χ4v) is 4.39. The molecule has 1 aromatic carbocycles. The summed E-state index contributed by atoms with van der Waals surface area (Å²) in [5.74, 6) is -1.15. The van der Waals surface area contributed by atoms with Gasteiger partial charge < -0.3 is 14.4 Å². The van der Waals surface area contributed by atoms with Gasteiger partial charge in [-0.05, 0) is 24.0 Å². The lowest BCUT2D eigenvalue weighted by atomic mass is 9.77. The number of hydrogen-bond acceptors (Lipinski definition) is 4. The zero-order valence-corrected chi connectivity index (χ0v) is 15.5. The van der Waals surface area contributed by atoms with Gasteiger partial charge in [-0.1, -0.05) is 51.1 Å². The third kappa shape index (κ3) is 2.49. The molecule has 4 rings (SSSR count). The van der Waals surface area contributed by atoms with Crippen LogP contribution < -0.4 is 4.90 Å². The molecule has 0 N–H and O–H groups in total. The fourth-order valence-electron chi connectivity index (χ4n) is 4.39. The number of carbonyl (C=O) groups excluding carboxylic acids is 2. The largest absolute Gasteiger partial charge is 0.465 e. The van der Waals surface area contributed by atoms with E-state index in [2.05, 4.69) is 6.92 Å². The molecule has 0 saturated carbocycles. The van der Waals surface area contributed by atoms with Crippen LogP contribution in [0.4, 0.5) is 5.69 Å². The first-order valence-electron chi connectivity index (χ1n) is 9.40. The van der Waals surface area contributed by atoms with E-state index in [9.17, 15) is 9.59 Å². The number of para-hydroxylation sites is 1. The van der Waals surface area contributed by atoms with Gasteiger partial charge in [0.05, 0.1) is 25.2 Å². The highest BCUT2D eigenvalue weighted by Gasteiger charge is 2.67. The number of aryl methyl sites for hydroxylation is 1. The number of anilines is 1. The lowest BCUT2D eigenvalue weighted by Gasteiger charge is -2.23. The lowest BCUT2D eigenvalue weighted by molar-refractivity contribution is -0.153. The number of nitrogens with zero attached hydrogens (tertiary/aromatic N) is 1. The van der Waals surface area contributed by atoms with Crippen molar-refractivity contribution in [1.29, 1.82) is 0 Å². The number of fused-ring (bicyclic) bond motifs is 1. The van der Waals surface area contributed by atoms with Crippen LogP contribution in [0.5, 0.6) is 0 Å². The predicted molar refractivity (Wildman–Crippen MR) is 97.7 cm³/mol. The van der Waals surface area contributed by atoms with Gasteiger partial charge in [0.15, 0.2) is 0 Å². The molecule has 2 bridgehead atoms. The monoisotopic (exact) mass is 355 g/mol. The molecule has 26 heavy (non-hydrogen) atoms. The highest BCUT2D eigenvalue weighted by atomic mass is 16.6. The Hall–Kier alpha value is -2.14. The summed E-state index contributed by atoms with van der Waals surface area (Å²) in [7, 11) is 0. The van der Waals surface area contributed by atoms with Crippen molar-refractivity contribution in [2.24, 2.45) is 17.8 Å². The first-order chi connectivity index (χ1) is 12.5. The SMILES string of the molecule is CCc1ccccc1N1C[C@]23C=C[C@@H](O2)[C@H](C(=O)OCC(C)C)[C@@H]3C1=O. The average molecular weight is 355 g/mol. The van der Waals surface area contributed by atoms with E-state index in [1.165, 1.54) is 0 Å². The molecule has 0 aromatic heterocycles. The predicted octanol–water partition coefficient (Wildman–Crippen LogP) is 2.73. The Balaban J connectivity index is 1.64. The molecule has 4 atom stereocenters. The van der Waals surface area contributed by atoms with E-state index in [4.69, 9.17) is 9.47 Å². The van der Waals surface area contributed by atoms with Crippen LogP contribution in [0.1, 0.15) is 26.3 Å². The Bertz CT molecular complexity index is 771. The molecule has 1 amide bonds. The molecule has 0 unspecified atom stereocenters. The van der Waals surface area contributed by atoms with E-state index in [1.54, 1.807) is 4.90 Å². The number of benzene rings is 1. The first-order valence-corrected chi connectivity index (χ1v) is 9.40. The summed E-state index contributed by atoms with van der Waals surface area (Å²) >= 11 is 0. The number of amides is 1. The molecule has 2 fully saturated rings. The maximum atomic E-state index is 13.3. The number of carbonyl (C=O) groups is 2. The smallest absolute Gasteiger partial charge is 0.312 e. The number of rotatable bonds is 5. The summed E-state index contributed by atoms with van der Waals surface area (Å²) in [5, 5.41) is 0. The standard InChI is InChI=1S/C21H25NO4/c1-4-14-7-5-6-8-15(14)22-12-21-10-9-16(26-21)17(18(21)19(22)23)20(24)25-11-13(2)3/h5-10,13,16-18H,4,11-12H2,1-3H3/t16-,17+,18-,21+/m1/s1. The minimum absolute atomic E-state index is 0.0377. The second-order valence-corrected chi connectivity index (χ2v) is 7.83. The normalized spacial score (nSPS) is 31.8. The summed E-state index contributed by atoms with van der Waals surface area (Å²) in [6, 6.07) is 7.93. The third-order valence-corrected chi connectivity index (χ3v) is 5.59. The maximum Gasteiger partial charge on any atom is 0.312 e. The van der Waals surface area contributed by atoms with Gasteiger partial charge in [-0.2, -0.15) is 0 Å². The molecule has 3 heterocycles. The number of hydrogen-bond donors (Lipinski definition) is 0. The van der Waals surface area contributed by atoms with Crippen molar-refractivity contribution in [1.82, 2.24) is 0 Å². The van der Waals surface area contributed by atoms with Crippen LogP contribution in [0.2, 0.25) is 0 Å². The van der Waals surface area contributed by atoms with Gasteiger partial charge >= 0.3 is 5.97 Å². The molecule has 1 aromatic rings. The number of esters is 1. The van der Waals surface area contributed by atoms with Crippen LogP contribution in [0.15, 0.2) is 36.4 Å². The molecule has 5 nitrogen and oxygen atoms in total. The number of ether oxygens (including phenoxy) is 2. The summed E-state index contributed by atoms with van der Waals surface area (Å²) in [5.41, 5.74) is 1.33. The molecule has 3 aliphatic heterocycles. The van der Waals surface area contributed by atoms with Crippen LogP contribution in [-0.4, -0.2) is 36.7 Å². The van der Waals surface area contributed by atoms with Crippen molar-refractivity contribution in [3.05, 3.63) is 42.0 Å². The highest BCUT2D eigenvalue weighted by molar-refractivity contribution is 6.03. The molecule has 2 saturated heterocycles. The summed E-state index contributed by atoms with van der Waals surface area (Å²) in [6.45, 7) is 6.88. The van der Waals surface area contributed by atoms with Crippen LogP contribution in [0.25, 0.3) is 0 Å². The molecule has 138 valence electrons. The van der Waals surface area contributed by atoms with Crippen molar-refractivity contribution >= 4 is 17.6 Å². The van der Waals surface area contributed by atoms with E-state index < -0.39 is 17.4 Å². The van der Waals surface area contributed by atoms with Crippen LogP contribution >= 0.6 is 0 Å².